The molecule has 0 aromatic rings. The maximum Gasteiger partial charge on any atom is 0.209 e. The van der Waals surface area contributed by atoms with E-state index in [4.69, 9.17) is 0 Å². The Balaban J connectivity index is 3.39. The van der Waals surface area contributed by atoms with Gasteiger partial charge in [-0.1, -0.05) is 0 Å². The van der Waals surface area contributed by atoms with Crippen molar-refractivity contribution in [3.8, 4) is 0 Å². The van der Waals surface area contributed by atoms with E-state index in [-0.39, 0.29) is 6.42 Å². The van der Waals surface area contributed by atoms with E-state index in [1.54, 1.807) is 0 Å². The molecule has 0 radical (unpaired) electrons. The van der Waals surface area contributed by atoms with Crippen molar-refractivity contribution < 1.29 is 16.5 Å². The lowest BCUT2D eigenvalue weighted by atomic mass is 10.4. The molecule has 0 aromatic heterocycles. The molecule has 0 unspecified atom stereocenters. The second kappa shape index (κ2) is 3.10. The van der Waals surface area contributed by atoms with Crippen molar-refractivity contribution in [3.63, 3.8) is 0 Å². The summed E-state index contributed by atoms with van der Waals surface area (Å²) in [6.45, 7) is 1.16. The van der Waals surface area contributed by atoms with Gasteiger partial charge in [-0.15, -0.1) is 11.7 Å². The molecule has 0 aliphatic carbocycles. The molecular weight excluding hydrogens is 153 g/mol. The fourth-order valence-electron chi connectivity index (χ4n) is 0.259. The van der Waals surface area contributed by atoms with Crippen LogP contribution < -0.4 is 0 Å². The average Bonchev–Trinajstić information content (AvgIpc) is 1.59. The summed E-state index contributed by atoms with van der Waals surface area (Å²) in [6.07, 6.45) is -0.362. The molecule has 0 amide bonds. The third kappa shape index (κ3) is 7.81. The van der Waals surface area contributed by atoms with Gasteiger partial charge in [0.1, 0.15) is 5.78 Å². The standard InChI is InChI=1S/C4H7F3OS/c1-4(8)2-3-9(5,6)7/h2-3H2,1H3. The average molecular weight is 160 g/mol. The van der Waals surface area contributed by atoms with Gasteiger partial charge in [0.05, 0.1) is 5.75 Å². The van der Waals surface area contributed by atoms with E-state index in [1.165, 1.54) is 0 Å². The summed E-state index contributed by atoms with van der Waals surface area (Å²) < 4.78 is 34.0. The maximum absolute atomic E-state index is 11.3. The van der Waals surface area contributed by atoms with Gasteiger partial charge in [-0.05, 0) is 6.92 Å². The zero-order valence-corrected chi connectivity index (χ0v) is 5.68. The second-order valence-electron chi connectivity index (χ2n) is 1.66. The molecule has 0 fully saturated rings. The quantitative estimate of drug-likeness (QED) is 0.619. The third-order valence-electron chi connectivity index (χ3n) is 0.686. The second-order valence-corrected chi connectivity index (χ2v) is 3.07. The summed E-state index contributed by atoms with van der Waals surface area (Å²) >= 11 is -4.94. The molecule has 0 aliphatic rings. The molecule has 9 heavy (non-hydrogen) atoms. The van der Waals surface area contributed by atoms with E-state index in [0.29, 0.717) is 0 Å². The number of halogens is 3. The Hall–Kier alpha value is -0.190. The van der Waals surface area contributed by atoms with E-state index in [2.05, 4.69) is 0 Å². The van der Waals surface area contributed by atoms with Crippen LogP contribution in [0.5, 0.6) is 0 Å². The predicted octanol–water partition coefficient (Wildman–Crippen LogP) is 2.42. The normalized spacial score (nSPS) is 13.3. The molecular formula is C4H7F3OS. The Kier molecular flexibility index (Phi) is 3.03. The molecule has 0 saturated heterocycles. The number of rotatable bonds is 3. The summed E-state index contributed by atoms with van der Waals surface area (Å²) in [5.41, 5.74) is 0. The smallest absolute Gasteiger partial charge is 0.209 e. The van der Waals surface area contributed by atoms with Crippen LogP contribution in [-0.4, -0.2) is 11.5 Å². The molecule has 0 heterocycles. The lowest BCUT2D eigenvalue weighted by Crippen LogP contribution is -1.95. The van der Waals surface area contributed by atoms with Crippen molar-refractivity contribution in [1.82, 2.24) is 0 Å². The Morgan fingerprint density at radius 3 is 2.00 bits per heavy atom. The van der Waals surface area contributed by atoms with Crippen molar-refractivity contribution in [2.24, 2.45) is 0 Å². The Morgan fingerprint density at radius 1 is 1.44 bits per heavy atom. The van der Waals surface area contributed by atoms with Crippen molar-refractivity contribution >= 4 is 17.0 Å². The van der Waals surface area contributed by atoms with Gasteiger partial charge in [0.25, 0.3) is 0 Å². The van der Waals surface area contributed by atoms with Crippen LogP contribution in [0.4, 0.5) is 11.7 Å². The van der Waals surface area contributed by atoms with Gasteiger partial charge in [-0.3, -0.25) is 4.79 Å². The molecule has 5 heteroatoms. The molecule has 0 rings (SSSR count). The number of hydrogen-bond donors (Lipinski definition) is 0. The Labute approximate surface area is 53.4 Å². The molecule has 0 N–H and O–H groups in total. The van der Waals surface area contributed by atoms with E-state index >= 15 is 0 Å². The SMILES string of the molecule is CC(=O)CCS(F)(F)F. The summed E-state index contributed by atoms with van der Waals surface area (Å²) in [6, 6.07) is 0. The predicted molar refractivity (Wildman–Crippen MR) is 31.1 cm³/mol. The fraction of sp³-hybridized carbons (Fsp3) is 0.750. The number of carbonyl (C=O) groups excluding carboxylic acids is 1. The highest BCUT2D eigenvalue weighted by molar-refractivity contribution is 8.20. The molecule has 0 saturated carbocycles. The topological polar surface area (TPSA) is 17.1 Å². The third-order valence-corrected chi connectivity index (χ3v) is 1.35. The molecule has 0 bridgehead atoms. The van der Waals surface area contributed by atoms with Gasteiger partial charge >= 0.3 is 0 Å². The number of hydrogen-bond acceptors (Lipinski definition) is 1. The summed E-state index contributed by atoms with van der Waals surface area (Å²) in [7, 11) is 0. The van der Waals surface area contributed by atoms with Crippen molar-refractivity contribution in [1.29, 1.82) is 0 Å². The first kappa shape index (κ1) is 8.81. The highest BCUT2D eigenvalue weighted by Crippen LogP contribution is 2.53. The number of ketones is 1. The van der Waals surface area contributed by atoms with Crippen LogP contribution in [0.1, 0.15) is 13.3 Å². The van der Waals surface area contributed by atoms with Crippen molar-refractivity contribution in [2.45, 2.75) is 13.3 Å². The summed E-state index contributed by atoms with van der Waals surface area (Å²) in [5.74, 6) is -1.32. The zero-order chi connectivity index (χ0) is 7.49. The Morgan fingerprint density at radius 2 is 1.89 bits per heavy atom. The first-order valence-corrected chi connectivity index (χ1v) is 3.81. The first-order valence-electron chi connectivity index (χ1n) is 2.31. The monoisotopic (exact) mass is 160 g/mol. The van der Waals surface area contributed by atoms with Crippen LogP contribution in [0.2, 0.25) is 0 Å². The minimum Gasteiger partial charge on any atom is -0.300 e. The van der Waals surface area contributed by atoms with E-state index in [0.717, 1.165) is 6.92 Å². The summed E-state index contributed by atoms with van der Waals surface area (Å²) in [4.78, 5) is 10.0. The zero-order valence-electron chi connectivity index (χ0n) is 4.86. The van der Waals surface area contributed by atoms with Gasteiger partial charge in [-0.2, -0.15) is 0 Å². The largest absolute Gasteiger partial charge is 0.300 e. The van der Waals surface area contributed by atoms with Crippen LogP contribution in [0, 0.1) is 0 Å². The minimum atomic E-state index is -4.94. The molecule has 0 aliphatic heterocycles. The molecule has 1 nitrogen and oxygen atoms in total. The maximum atomic E-state index is 11.3. The van der Waals surface area contributed by atoms with Gasteiger partial charge in [0.15, 0.2) is 0 Å². The van der Waals surface area contributed by atoms with E-state index in [1.807, 2.05) is 0 Å². The van der Waals surface area contributed by atoms with Gasteiger partial charge < -0.3 is 0 Å². The number of Topliss-reactive ketones (excluding diaryl/α,β-unsaturated/α-hetero) is 1. The van der Waals surface area contributed by atoms with Crippen molar-refractivity contribution in [2.75, 3.05) is 5.75 Å². The van der Waals surface area contributed by atoms with Gasteiger partial charge in [-0.25, -0.2) is 0 Å². The lowest BCUT2D eigenvalue weighted by molar-refractivity contribution is -0.116. The first-order chi connectivity index (χ1) is 3.92. The van der Waals surface area contributed by atoms with Crippen LogP contribution in [0.3, 0.4) is 0 Å². The highest BCUT2D eigenvalue weighted by atomic mass is 32.3. The fourth-order valence-corrected chi connectivity index (χ4v) is 0.778. The summed E-state index contributed by atoms with van der Waals surface area (Å²) in [5, 5.41) is 0. The van der Waals surface area contributed by atoms with E-state index in [9.17, 15) is 16.5 Å². The van der Waals surface area contributed by atoms with Gasteiger partial charge in [0.2, 0.25) is 11.2 Å². The van der Waals surface area contributed by atoms with Crippen LogP contribution in [0.15, 0.2) is 0 Å². The molecule has 0 aromatic carbocycles. The molecule has 0 atom stereocenters. The molecule has 0 spiro atoms. The van der Waals surface area contributed by atoms with Crippen molar-refractivity contribution in [3.05, 3.63) is 0 Å². The highest BCUT2D eigenvalue weighted by Gasteiger charge is 2.20. The molecule has 56 valence electrons. The van der Waals surface area contributed by atoms with Crippen LogP contribution in [-0.2, 0) is 4.79 Å². The van der Waals surface area contributed by atoms with Gasteiger partial charge in [0, 0.05) is 6.42 Å². The van der Waals surface area contributed by atoms with Crippen LogP contribution in [0.25, 0.3) is 0 Å². The van der Waals surface area contributed by atoms with Crippen LogP contribution >= 0.6 is 11.2 Å². The lowest BCUT2D eigenvalue weighted by Gasteiger charge is -2.06. The number of carbonyl (C=O) groups is 1. The van der Waals surface area contributed by atoms with E-state index < -0.39 is 22.7 Å². The minimum absolute atomic E-state index is 0.362. The Bertz CT molecular complexity index is 109.